The van der Waals surface area contributed by atoms with E-state index in [4.69, 9.17) is 0 Å². The lowest BCUT2D eigenvalue weighted by atomic mass is 10.0. The Kier molecular flexibility index (Phi) is 3.97. The lowest BCUT2D eigenvalue weighted by Gasteiger charge is -2.09. The van der Waals surface area contributed by atoms with Gasteiger partial charge in [0.1, 0.15) is 0 Å². The fraction of sp³-hybridized carbons (Fsp3) is 0.188. The largest absolute Gasteiger partial charge is 0.467 e. The van der Waals surface area contributed by atoms with Gasteiger partial charge in [0.05, 0.1) is 7.11 Å². The first-order chi connectivity index (χ1) is 9.11. The minimum Gasteiger partial charge on any atom is -0.467 e. The summed E-state index contributed by atoms with van der Waals surface area (Å²) in [7, 11) is 1.26. The van der Waals surface area contributed by atoms with Crippen LogP contribution in [0, 0.1) is 6.92 Å². The molecule has 0 spiro atoms. The van der Waals surface area contributed by atoms with Crippen LogP contribution in [0.4, 0.5) is 0 Å². The Hall–Kier alpha value is -2.13. The van der Waals surface area contributed by atoms with Crippen molar-refractivity contribution in [2.75, 3.05) is 7.11 Å². The molecule has 98 valence electrons. The van der Waals surface area contributed by atoms with Crippen molar-refractivity contribution in [3.05, 3.63) is 59.7 Å². The van der Waals surface area contributed by atoms with Crippen molar-refractivity contribution in [2.24, 2.45) is 0 Å². The van der Waals surface area contributed by atoms with Gasteiger partial charge in [-0.25, -0.2) is 4.79 Å². The summed E-state index contributed by atoms with van der Waals surface area (Å²) < 4.78 is 4.51. The summed E-state index contributed by atoms with van der Waals surface area (Å²) in [5.74, 6) is -0.650. The second-order valence-electron chi connectivity index (χ2n) is 4.41. The molecule has 3 heteroatoms. The van der Waals surface area contributed by atoms with E-state index in [0.717, 1.165) is 11.1 Å². The molecule has 2 aromatic rings. The quantitative estimate of drug-likeness (QED) is 0.859. The van der Waals surface area contributed by atoms with Gasteiger partial charge in [-0.15, -0.1) is 0 Å². The zero-order valence-electron chi connectivity index (χ0n) is 11.0. The standard InChI is InChI=1S/C16H16O3/c1-11-3-5-12(6-4-11)13-7-9-14(10-8-13)15(17)16(18)19-2/h3-10,15,17H,1-2H3. The molecule has 0 fully saturated rings. The van der Waals surface area contributed by atoms with Crippen LogP contribution in [-0.2, 0) is 9.53 Å². The number of aliphatic hydroxyl groups is 1. The highest BCUT2D eigenvalue weighted by Crippen LogP contribution is 2.22. The maximum Gasteiger partial charge on any atom is 0.339 e. The molecule has 0 saturated carbocycles. The monoisotopic (exact) mass is 256 g/mol. The first-order valence-electron chi connectivity index (χ1n) is 6.04. The van der Waals surface area contributed by atoms with E-state index in [0.29, 0.717) is 5.56 Å². The highest BCUT2D eigenvalue weighted by Gasteiger charge is 2.17. The van der Waals surface area contributed by atoms with Gasteiger partial charge in [-0.3, -0.25) is 0 Å². The zero-order valence-corrected chi connectivity index (χ0v) is 11.0. The second-order valence-corrected chi connectivity index (χ2v) is 4.41. The summed E-state index contributed by atoms with van der Waals surface area (Å²) >= 11 is 0. The van der Waals surface area contributed by atoms with E-state index in [1.54, 1.807) is 12.1 Å². The summed E-state index contributed by atoms with van der Waals surface area (Å²) in [6, 6.07) is 15.4. The van der Waals surface area contributed by atoms with Crippen LogP contribution in [0.2, 0.25) is 0 Å². The number of esters is 1. The molecule has 0 saturated heterocycles. The van der Waals surface area contributed by atoms with Crippen LogP contribution in [0.1, 0.15) is 17.2 Å². The second kappa shape index (κ2) is 5.67. The van der Waals surface area contributed by atoms with E-state index in [1.165, 1.54) is 12.7 Å². The number of ether oxygens (including phenoxy) is 1. The maximum absolute atomic E-state index is 11.2. The molecule has 0 aliphatic heterocycles. The highest BCUT2D eigenvalue weighted by atomic mass is 16.5. The van der Waals surface area contributed by atoms with Crippen molar-refractivity contribution in [1.29, 1.82) is 0 Å². The molecule has 1 atom stereocenters. The third-order valence-corrected chi connectivity index (χ3v) is 3.04. The van der Waals surface area contributed by atoms with Crippen LogP contribution in [0.15, 0.2) is 48.5 Å². The molecule has 3 nitrogen and oxygen atoms in total. The van der Waals surface area contributed by atoms with E-state index in [2.05, 4.69) is 4.74 Å². The van der Waals surface area contributed by atoms with Crippen LogP contribution >= 0.6 is 0 Å². The van der Waals surface area contributed by atoms with Gasteiger partial charge in [0.25, 0.3) is 0 Å². The van der Waals surface area contributed by atoms with E-state index >= 15 is 0 Å². The zero-order chi connectivity index (χ0) is 13.8. The van der Waals surface area contributed by atoms with Crippen LogP contribution < -0.4 is 0 Å². The molecule has 0 aliphatic carbocycles. The molecule has 2 rings (SSSR count). The molecule has 0 amide bonds. The van der Waals surface area contributed by atoms with Gasteiger partial charge >= 0.3 is 5.97 Å². The minimum atomic E-state index is -1.22. The number of benzene rings is 2. The van der Waals surface area contributed by atoms with Gasteiger partial charge in [-0.05, 0) is 23.6 Å². The Labute approximate surface area is 112 Å². The lowest BCUT2D eigenvalue weighted by molar-refractivity contribution is -0.150. The number of aliphatic hydroxyl groups excluding tert-OH is 1. The number of carbonyl (C=O) groups is 1. The number of carbonyl (C=O) groups excluding carboxylic acids is 1. The Balaban J connectivity index is 2.23. The molecule has 1 unspecified atom stereocenters. The van der Waals surface area contributed by atoms with Crippen LogP contribution in [0.25, 0.3) is 11.1 Å². The van der Waals surface area contributed by atoms with Crippen molar-refractivity contribution >= 4 is 5.97 Å². The summed E-state index contributed by atoms with van der Waals surface area (Å²) in [6.45, 7) is 2.04. The normalized spacial score (nSPS) is 11.9. The number of hydrogen-bond acceptors (Lipinski definition) is 3. The van der Waals surface area contributed by atoms with Crippen molar-refractivity contribution in [3.8, 4) is 11.1 Å². The van der Waals surface area contributed by atoms with Crippen LogP contribution in [-0.4, -0.2) is 18.2 Å². The van der Waals surface area contributed by atoms with Gasteiger partial charge in [-0.1, -0.05) is 54.1 Å². The SMILES string of the molecule is COC(=O)C(O)c1ccc(-c2ccc(C)cc2)cc1. The molecule has 2 aromatic carbocycles. The van der Waals surface area contributed by atoms with E-state index in [9.17, 15) is 9.90 Å². The van der Waals surface area contributed by atoms with Gasteiger partial charge in [0.15, 0.2) is 6.10 Å². The minimum absolute atomic E-state index is 0.530. The summed E-state index contributed by atoms with van der Waals surface area (Å²) in [5, 5.41) is 9.71. The predicted molar refractivity (Wildman–Crippen MR) is 73.6 cm³/mol. The van der Waals surface area contributed by atoms with Crippen molar-refractivity contribution < 1.29 is 14.6 Å². The third-order valence-electron chi connectivity index (χ3n) is 3.04. The van der Waals surface area contributed by atoms with E-state index < -0.39 is 12.1 Å². The molecule has 0 heterocycles. The first kappa shape index (κ1) is 13.3. The molecule has 1 N–H and O–H groups in total. The average Bonchev–Trinajstić information content (AvgIpc) is 2.46. The molecule has 19 heavy (non-hydrogen) atoms. The van der Waals surface area contributed by atoms with Crippen LogP contribution in [0.3, 0.4) is 0 Å². The first-order valence-corrected chi connectivity index (χ1v) is 6.04. The Morgan fingerprint density at radius 2 is 1.47 bits per heavy atom. The number of aryl methyl sites for hydroxylation is 1. The van der Waals surface area contributed by atoms with Gasteiger partial charge in [-0.2, -0.15) is 0 Å². The lowest BCUT2D eigenvalue weighted by Crippen LogP contribution is -2.13. The highest BCUT2D eigenvalue weighted by molar-refractivity contribution is 5.76. The summed E-state index contributed by atoms with van der Waals surface area (Å²) in [5.41, 5.74) is 3.88. The smallest absolute Gasteiger partial charge is 0.339 e. The Morgan fingerprint density at radius 3 is 1.95 bits per heavy atom. The molecule has 0 aliphatic rings. The van der Waals surface area contributed by atoms with Crippen molar-refractivity contribution in [1.82, 2.24) is 0 Å². The Bertz CT molecular complexity index is 556. The van der Waals surface area contributed by atoms with Gasteiger partial charge < -0.3 is 9.84 Å². The molecule has 0 radical (unpaired) electrons. The van der Waals surface area contributed by atoms with Crippen molar-refractivity contribution in [2.45, 2.75) is 13.0 Å². The predicted octanol–water partition coefficient (Wildman–Crippen LogP) is 2.87. The number of rotatable bonds is 3. The van der Waals surface area contributed by atoms with Gasteiger partial charge in [0.2, 0.25) is 0 Å². The van der Waals surface area contributed by atoms with Gasteiger partial charge in [0, 0.05) is 0 Å². The number of hydrogen-bond donors (Lipinski definition) is 1. The Morgan fingerprint density at radius 1 is 1.00 bits per heavy atom. The third kappa shape index (κ3) is 3.01. The molecule has 0 bridgehead atoms. The number of methoxy groups -OCH3 is 1. The van der Waals surface area contributed by atoms with Crippen molar-refractivity contribution in [3.63, 3.8) is 0 Å². The molecule has 0 aromatic heterocycles. The average molecular weight is 256 g/mol. The summed E-state index contributed by atoms with van der Waals surface area (Å²) in [6.07, 6.45) is -1.22. The van der Waals surface area contributed by atoms with E-state index in [-0.39, 0.29) is 0 Å². The fourth-order valence-electron chi connectivity index (χ4n) is 1.85. The van der Waals surface area contributed by atoms with Crippen LogP contribution in [0.5, 0.6) is 0 Å². The molecular formula is C16H16O3. The topological polar surface area (TPSA) is 46.5 Å². The summed E-state index contributed by atoms with van der Waals surface area (Å²) in [4.78, 5) is 11.2. The molecular weight excluding hydrogens is 240 g/mol. The fourth-order valence-corrected chi connectivity index (χ4v) is 1.85. The van der Waals surface area contributed by atoms with E-state index in [1.807, 2.05) is 43.3 Å². The maximum atomic E-state index is 11.2.